The molecule has 0 radical (unpaired) electrons. The summed E-state index contributed by atoms with van der Waals surface area (Å²) in [6.45, 7) is 1.51. The first kappa shape index (κ1) is 19.6. The van der Waals surface area contributed by atoms with E-state index in [1.807, 2.05) is 7.05 Å². The molecule has 9 heteroatoms. The molecular formula is C20H25F2N5O2. The second-order valence-corrected chi connectivity index (χ2v) is 7.71. The summed E-state index contributed by atoms with van der Waals surface area (Å²) in [7, 11) is 1.81. The van der Waals surface area contributed by atoms with Gasteiger partial charge < -0.3 is 14.5 Å². The molecule has 1 fully saturated rings. The highest BCUT2D eigenvalue weighted by Crippen LogP contribution is 2.39. The van der Waals surface area contributed by atoms with Gasteiger partial charge in [0.15, 0.2) is 5.82 Å². The molecule has 2 aliphatic rings. The lowest BCUT2D eigenvalue weighted by molar-refractivity contribution is -0.129. The summed E-state index contributed by atoms with van der Waals surface area (Å²) < 4.78 is 32.2. The first-order valence-electron chi connectivity index (χ1n) is 9.86. The summed E-state index contributed by atoms with van der Waals surface area (Å²) in [5.74, 6) is 1.29. The van der Waals surface area contributed by atoms with Gasteiger partial charge in [-0.3, -0.25) is 9.48 Å². The molecule has 1 aliphatic heterocycles. The number of amides is 1. The Hall–Kier alpha value is -2.71. The third kappa shape index (κ3) is 3.65. The fourth-order valence-corrected chi connectivity index (χ4v) is 3.91. The average Bonchev–Trinajstić information content (AvgIpc) is 2.99. The van der Waals surface area contributed by atoms with Crippen LogP contribution in [0.25, 0.3) is 0 Å². The van der Waals surface area contributed by atoms with Gasteiger partial charge in [0.1, 0.15) is 11.6 Å². The minimum Gasteiger partial charge on any atom is -0.434 e. The first-order valence-corrected chi connectivity index (χ1v) is 9.86. The number of halogens is 2. The van der Waals surface area contributed by atoms with E-state index in [0.29, 0.717) is 36.3 Å². The van der Waals surface area contributed by atoms with Gasteiger partial charge in [0.25, 0.3) is 0 Å². The van der Waals surface area contributed by atoms with Crippen molar-refractivity contribution >= 4 is 17.5 Å². The summed E-state index contributed by atoms with van der Waals surface area (Å²) in [6, 6.07) is 1.89. The Morgan fingerprint density at radius 2 is 2.14 bits per heavy atom. The number of carbonyl (C=O) groups excluding carboxylic acids is 1. The number of pyridine rings is 1. The Labute approximate surface area is 168 Å². The molecule has 7 nitrogen and oxygen atoms in total. The van der Waals surface area contributed by atoms with Crippen LogP contribution in [0.2, 0.25) is 0 Å². The van der Waals surface area contributed by atoms with Gasteiger partial charge >= 0.3 is 6.61 Å². The van der Waals surface area contributed by atoms with Crippen molar-refractivity contribution < 1.29 is 18.3 Å². The van der Waals surface area contributed by atoms with Crippen LogP contribution in [0.4, 0.5) is 20.4 Å². The average molecular weight is 405 g/mol. The normalized spacial score (nSPS) is 16.6. The van der Waals surface area contributed by atoms with Crippen LogP contribution in [-0.4, -0.2) is 45.8 Å². The Bertz CT molecular complexity index is 926. The number of rotatable bonds is 5. The highest BCUT2D eigenvalue weighted by atomic mass is 19.3. The van der Waals surface area contributed by atoms with Crippen LogP contribution in [-0.2, 0) is 17.8 Å². The SMILES string of the molecule is CC(=O)N1CCc2c(c(N(C)c3cc(OC(F)F)c(C)cn3)nn2C2CCC2)C1. The van der Waals surface area contributed by atoms with Gasteiger partial charge in [-0.05, 0) is 26.2 Å². The number of anilines is 2. The second kappa shape index (κ2) is 7.61. The highest BCUT2D eigenvalue weighted by Gasteiger charge is 2.32. The largest absolute Gasteiger partial charge is 0.434 e. The van der Waals surface area contributed by atoms with Crippen molar-refractivity contribution in [1.29, 1.82) is 0 Å². The van der Waals surface area contributed by atoms with E-state index >= 15 is 0 Å². The third-order valence-electron chi connectivity index (χ3n) is 5.85. The number of ether oxygens (including phenoxy) is 1. The molecule has 2 aromatic rings. The van der Waals surface area contributed by atoms with Crippen molar-refractivity contribution in [1.82, 2.24) is 19.7 Å². The van der Waals surface area contributed by atoms with Gasteiger partial charge in [-0.1, -0.05) is 0 Å². The van der Waals surface area contributed by atoms with Crippen LogP contribution in [0.1, 0.15) is 49.0 Å². The number of hydrogen-bond donors (Lipinski definition) is 0. The monoisotopic (exact) mass is 405 g/mol. The van der Waals surface area contributed by atoms with Gasteiger partial charge in [0, 0.05) is 56.0 Å². The fourth-order valence-electron chi connectivity index (χ4n) is 3.91. The molecule has 0 aromatic carbocycles. The summed E-state index contributed by atoms with van der Waals surface area (Å²) in [5.41, 5.74) is 2.69. The molecule has 156 valence electrons. The molecule has 0 atom stereocenters. The highest BCUT2D eigenvalue weighted by molar-refractivity contribution is 5.74. The van der Waals surface area contributed by atoms with Crippen LogP contribution in [0.15, 0.2) is 12.3 Å². The number of aromatic nitrogens is 3. The number of aryl methyl sites for hydroxylation is 1. The van der Waals surface area contributed by atoms with Crippen LogP contribution in [0.3, 0.4) is 0 Å². The first-order chi connectivity index (χ1) is 13.8. The number of fused-ring (bicyclic) bond motifs is 1. The van der Waals surface area contributed by atoms with Gasteiger partial charge in [0.2, 0.25) is 5.91 Å². The van der Waals surface area contributed by atoms with E-state index in [1.165, 1.54) is 18.7 Å². The smallest absolute Gasteiger partial charge is 0.387 e. The summed E-state index contributed by atoms with van der Waals surface area (Å²) in [6.07, 6.45) is 5.66. The molecule has 1 saturated carbocycles. The Morgan fingerprint density at radius 3 is 2.76 bits per heavy atom. The zero-order valence-electron chi connectivity index (χ0n) is 16.9. The number of hydrogen-bond acceptors (Lipinski definition) is 5. The lowest BCUT2D eigenvalue weighted by Crippen LogP contribution is -2.35. The van der Waals surface area contributed by atoms with Gasteiger partial charge in [-0.2, -0.15) is 13.9 Å². The Balaban J connectivity index is 1.72. The molecule has 0 bridgehead atoms. The maximum Gasteiger partial charge on any atom is 0.387 e. The molecule has 1 aliphatic carbocycles. The molecule has 0 unspecified atom stereocenters. The molecule has 1 amide bonds. The maximum atomic E-state index is 12.7. The van der Waals surface area contributed by atoms with Crippen molar-refractivity contribution in [3.63, 3.8) is 0 Å². The number of carbonyl (C=O) groups is 1. The summed E-state index contributed by atoms with van der Waals surface area (Å²) in [4.78, 5) is 19.9. The Kier molecular flexibility index (Phi) is 5.14. The van der Waals surface area contributed by atoms with Gasteiger partial charge in [-0.25, -0.2) is 4.98 Å². The van der Waals surface area contributed by atoms with E-state index in [-0.39, 0.29) is 11.7 Å². The lowest BCUT2D eigenvalue weighted by atomic mass is 9.92. The molecule has 29 heavy (non-hydrogen) atoms. The standard InChI is InChI=1S/C20H25F2N5O2/c1-12-10-23-18(9-17(12)29-20(21)22)25(3)19-15-11-26(13(2)28)8-7-16(15)27(24-19)14-5-4-6-14/h9-10,14,20H,4-8,11H2,1-3H3. The number of alkyl halides is 2. The molecule has 3 heterocycles. The minimum absolute atomic E-state index is 0.0294. The lowest BCUT2D eigenvalue weighted by Gasteiger charge is -2.31. The van der Waals surface area contributed by atoms with Crippen LogP contribution in [0, 0.1) is 6.92 Å². The molecule has 4 rings (SSSR count). The van der Waals surface area contributed by atoms with Gasteiger partial charge in [-0.15, -0.1) is 0 Å². The number of nitrogens with zero attached hydrogens (tertiary/aromatic N) is 5. The van der Waals surface area contributed by atoms with E-state index in [9.17, 15) is 13.6 Å². The zero-order chi connectivity index (χ0) is 20.7. The van der Waals surface area contributed by atoms with E-state index in [1.54, 1.807) is 23.6 Å². The zero-order valence-corrected chi connectivity index (χ0v) is 16.9. The summed E-state index contributed by atoms with van der Waals surface area (Å²) in [5, 5.41) is 4.87. The van der Waals surface area contributed by atoms with Crippen molar-refractivity contribution in [2.75, 3.05) is 18.5 Å². The van der Waals surface area contributed by atoms with Crippen molar-refractivity contribution in [3.8, 4) is 5.75 Å². The molecule has 0 N–H and O–H groups in total. The quantitative estimate of drug-likeness (QED) is 0.761. The van der Waals surface area contributed by atoms with E-state index in [2.05, 4.69) is 14.4 Å². The second-order valence-electron chi connectivity index (χ2n) is 7.71. The van der Waals surface area contributed by atoms with E-state index in [0.717, 1.165) is 30.5 Å². The Morgan fingerprint density at radius 1 is 1.38 bits per heavy atom. The predicted molar refractivity (Wildman–Crippen MR) is 104 cm³/mol. The van der Waals surface area contributed by atoms with E-state index < -0.39 is 6.61 Å². The van der Waals surface area contributed by atoms with Crippen molar-refractivity contribution in [3.05, 3.63) is 29.1 Å². The minimum atomic E-state index is -2.90. The predicted octanol–water partition coefficient (Wildman–Crippen LogP) is 3.59. The topological polar surface area (TPSA) is 63.5 Å². The van der Waals surface area contributed by atoms with E-state index in [4.69, 9.17) is 5.10 Å². The van der Waals surface area contributed by atoms with Crippen LogP contribution in [0.5, 0.6) is 5.75 Å². The van der Waals surface area contributed by atoms with Crippen molar-refractivity contribution in [2.24, 2.45) is 0 Å². The maximum absolute atomic E-state index is 12.7. The van der Waals surface area contributed by atoms with Crippen molar-refractivity contribution in [2.45, 2.75) is 58.7 Å². The van der Waals surface area contributed by atoms with Gasteiger partial charge in [0.05, 0.1) is 12.6 Å². The van der Waals surface area contributed by atoms with Crippen LogP contribution < -0.4 is 9.64 Å². The molecule has 2 aromatic heterocycles. The fraction of sp³-hybridized carbons (Fsp3) is 0.550. The molecule has 0 saturated heterocycles. The van der Waals surface area contributed by atoms with Crippen LogP contribution >= 0.6 is 0 Å². The summed E-state index contributed by atoms with van der Waals surface area (Å²) >= 11 is 0. The molecule has 0 spiro atoms. The third-order valence-corrected chi connectivity index (χ3v) is 5.85. The molecular weight excluding hydrogens is 380 g/mol.